The van der Waals surface area contributed by atoms with Gasteiger partial charge in [0.1, 0.15) is 6.04 Å². The van der Waals surface area contributed by atoms with Crippen molar-refractivity contribution in [2.45, 2.75) is 70.4 Å². The summed E-state index contributed by atoms with van der Waals surface area (Å²) in [6.07, 6.45) is 2.64. The second kappa shape index (κ2) is 9.01. The fraction of sp³-hybridized carbons (Fsp3) is 0.824. The largest absolute Gasteiger partial charge is 0.481 e. The highest BCUT2D eigenvalue weighted by molar-refractivity contribution is 5.87. The van der Waals surface area contributed by atoms with Crippen molar-refractivity contribution in [2.75, 3.05) is 13.6 Å². The highest BCUT2D eigenvalue weighted by Gasteiger charge is 2.28. The van der Waals surface area contributed by atoms with Crippen LogP contribution < -0.4 is 5.32 Å². The Balaban J connectivity index is 2.84. The Bertz CT molecular complexity index is 464. The monoisotopic (exact) mass is 342 g/mol. The molecule has 1 rings (SSSR count). The van der Waals surface area contributed by atoms with Gasteiger partial charge in [-0.15, -0.1) is 0 Å². The first-order valence-electron chi connectivity index (χ1n) is 8.59. The molecular weight excluding hydrogens is 312 g/mol. The second-order valence-electron chi connectivity index (χ2n) is 7.26. The molecule has 138 valence electrons. The highest BCUT2D eigenvalue weighted by Crippen LogP contribution is 2.25. The van der Waals surface area contributed by atoms with Gasteiger partial charge in [0.05, 0.1) is 5.60 Å². The number of carbonyl (C=O) groups is 3. The molecule has 3 atom stereocenters. The maximum Gasteiger partial charge on any atom is 0.303 e. The lowest BCUT2D eigenvalue weighted by Crippen LogP contribution is -2.47. The van der Waals surface area contributed by atoms with Crippen LogP contribution in [0.25, 0.3) is 0 Å². The fourth-order valence-corrected chi connectivity index (χ4v) is 3.20. The summed E-state index contributed by atoms with van der Waals surface area (Å²) in [5.41, 5.74) is -0.809. The van der Waals surface area contributed by atoms with Crippen molar-refractivity contribution in [3.8, 4) is 0 Å². The summed E-state index contributed by atoms with van der Waals surface area (Å²) < 4.78 is 0. The summed E-state index contributed by atoms with van der Waals surface area (Å²) in [6.45, 7) is 4.25. The summed E-state index contributed by atoms with van der Waals surface area (Å²) in [7, 11) is 1.64. The SMILES string of the molecule is C[C@H]1CCC(=O)N[C@@H](CCC(=O)O)C(=O)N(C)CCC[C@@](C)(O)C1. The van der Waals surface area contributed by atoms with Crippen LogP contribution in [-0.2, 0) is 14.4 Å². The molecule has 1 aliphatic heterocycles. The number of nitrogens with one attached hydrogen (secondary N) is 1. The highest BCUT2D eigenvalue weighted by atomic mass is 16.4. The summed E-state index contributed by atoms with van der Waals surface area (Å²) in [6, 6.07) is -0.810. The molecule has 1 heterocycles. The molecule has 0 aromatic rings. The van der Waals surface area contributed by atoms with Gasteiger partial charge in [0, 0.05) is 26.4 Å². The predicted octanol–water partition coefficient (Wildman–Crippen LogP) is 1.15. The molecule has 1 saturated heterocycles. The Hall–Kier alpha value is -1.63. The molecule has 0 aromatic carbocycles. The lowest BCUT2D eigenvalue weighted by molar-refractivity contribution is -0.139. The van der Waals surface area contributed by atoms with Gasteiger partial charge in [0.2, 0.25) is 11.8 Å². The third-order valence-corrected chi connectivity index (χ3v) is 4.52. The van der Waals surface area contributed by atoms with Gasteiger partial charge in [-0.1, -0.05) is 6.92 Å². The number of carboxylic acids is 1. The number of carbonyl (C=O) groups excluding carboxylic acids is 2. The number of likely N-dealkylation sites (N-methyl/N-ethyl adjacent to an activating group) is 1. The van der Waals surface area contributed by atoms with E-state index < -0.39 is 17.6 Å². The van der Waals surface area contributed by atoms with Crippen LogP contribution in [0.4, 0.5) is 0 Å². The van der Waals surface area contributed by atoms with Gasteiger partial charge in [-0.05, 0) is 44.9 Å². The zero-order valence-electron chi connectivity index (χ0n) is 14.9. The fourth-order valence-electron chi connectivity index (χ4n) is 3.20. The Labute approximate surface area is 143 Å². The molecule has 3 N–H and O–H groups in total. The van der Waals surface area contributed by atoms with E-state index >= 15 is 0 Å². The summed E-state index contributed by atoms with van der Waals surface area (Å²) in [5, 5.41) is 22.0. The molecule has 0 radical (unpaired) electrons. The normalized spacial score (nSPS) is 30.8. The van der Waals surface area contributed by atoms with Crippen molar-refractivity contribution in [3.63, 3.8) is 0 Å². The third kappa shape index (κ3) is 7.29. The summed E-state index contributed by atoms with van der Waals surface area (Å²) >= 11 is 0. The first kappa shape index (κ1) is 20.4. The van der Waals surface area contributed by atoms with Crippen LogP contribution in [0, 0.1) is 5.92 Å². The smallest absolute Gasteiger partial charge is 0.303 e. The molecular formula is C17H30N2O5. The topological polar surface area (TPSA) is 107 Å². The van der Waals surface area contributed by atoms with Gasteiger partial charge >= 0.3 is 5.97 Å². The van der Waals surface area contributed by atoms with E-state index in [4.69, 9.17) is 5.11 Å². The molecule has 0 aliphatic carbocycles. The molecule has 0 aromatic heterocycles. The molecule has 2 amide bonds. The van der Waals surface area contributed by atoms with E-state index in [9.17, 15) is 19.5 Å². The molecule has 1 fully saturated rings. The average molecular weight is 342 g/mol. The lowest BCUT2D eigenvalue weighted by atomic mass is 9.87. The van der Waals surface area contributed by atoms with Crippen LogP contribution in [0.15, 0.2) is 0 Å². The molecule has 0 saturated carbocycles. The first-order valence-corrected chi connectivity index (χ1v) is 8.59. The van der Waals surface area contributed by atoms with Crippen molar-refractivity contribution >= 4 is 17.8 Å². The lowest BCUT2D eigenvalue weighted by Gasteiger charge is -2.28. The molecule has 0 unspecified atom stereocenters. The van der Waals surface area contributed by atoms with E-state index in [2.05, 4.69) is 5.32 Å². The van der Waals surface area contributed by atoms with E-state index in [1.807, 2.05) is 6.92 Å². The van der Waals surface area contributed by atoms with Crippen molar-refractivity contribution in [1.82, 2.24) is 10.2 Å². The van der Waals surface area contributed by atoms with Crippen LogP contribution in [0.3, 0.4) is 0 Å². The van der Waals surface area contributed by atoms with Crippen LogP contribution in [0.5, 0.6) is 0 Å². The van der Waals surface area contributed by atoms with Crippen molar-refractivity contribution in [1.29, 1.82) is 0 Å². The standard InChI is InChI=1S/C17H30N2O5/c1-12-5-7-14(20)18-13(6-8-15(21)22)16(23)19(3)10-4-9-17(2,24)11-12/h12-13,24H,4-11H2,1-3H3,(H,18,20)(H,21,22)/t12-,13-,17+/m0/s1. The van der Waals surface area contributed by atoms with Crippen LogP contribution >= 0.6 is 0 Å². The minimum Gasteiger partial charge on any atom is -0.481 e. The van der Waals surface area contributed by atoms with Gasteiger partial charge in [-0.3, -0.25) is 14.4 Å². The van der Waals surface area contributed by atoms with Gasteiger partial charge in [0.25, 0.3) is 0 Å². The quantitative estimate of drug-likeness (QED) is 0.713. The Morgan fingerprint density at radius 2 is 2.08 bits per heavy atom. The third-order valence-electron chi connectivity index (χ3n) is 4.52. The van der Waals surface area contributed by atoms with Crippen LogP contribution in [0.1, 0.15) is 58.8 Å². The molecule has 7 nitrogen and oxygen atoms in total. The van der Waals surface area contributed by atoms with Crippen LogP contribution in [-0.4, -0.2) is 58.1 Å². The summed E-state index contributed by atoms with van der Waals surface area (Å²) in [4.78, 5) is 36.9. The van der Waals surface area contributed by atoms with Crippen molar-refractivity contribution < 1.29 is 24.6 Å². The molecule has 24 heavy (non-hydrogen) atoms. The molecule has 7 heteroatoms. The van der Waals surface area contributed by atoms with E-state index in [1.165, 1.54) is 4.90 Å². The Morgan fingerprint density at radius 1 is 1.42 bits per heavy atom. The zero-order chi connectivity index (χ0) is 18.3. The Kier molecular flexibility index (Phi) is 7.66. The predicted molar refractivity (Wildman–Crippen MR) is 89.3 cm³/mol. The Morgan fingerprint density at radius 3 is 2.71 bits per heavy atom. The van der Waals surface area contributed by atoms with Gasteiger partial charge in [-0.25, -0.2) is 0 Å². The number of hydrogen-bond acceptors (Lipinski definition) is 4. The number of amides is 2. The maximum absolute atomic E-state index is 12.5. The van der Waals surface area contributed by atoms with E-state index in [0.29, 0.717) is 32.2 Å². The number of rotatable bonds is 3. The number of aliphatic hydroxyl groups is 1. The first-order chi connectivity index (χ1) is 11.1. The van der Waals surface area contributed by atoms with Crippen molar-refractivity contribution in [3.05, 3.63) is 0 Å². The minimum atomic E-state index is -0.993. The number of carboxylic acid groups (broad SMARTS) is 1. The van der Waals surface area contributed by atoms with Gasteiger partial charge in [-0.2, -0.15) is 0 Å². The summed E-state index contributed by atoms with van der Waals surface area (Å²) in [5.74, 6) is -1.33. The average Bonchev–Trinajstić information content (AvgIpc) is 2.47. The molecule has 0 spiro atoms. The van der Waals surface area contributed by atoms with Gasteiger partial charge in [0.15, 0.2) is 0 Å². The second-order valence-corrected chi connectivity index (χ2v) is 7.26. The van der Waals surface area contributed by atoms with E-state index in [1.54, 1.807) is 14.0 Å². The van der Waals surface area contributed by atoms with Gasteiger partial charge < -0.3 is 20.4 Å². The number of aliphatic carboxylic acids is 1. The minimum absolute atomic E-state index is 0.0809. The number of hydrogen-bond donors (Lipinski definition) is 3. The maximum atomic E-state index is 12.5. The van der Waals surface area contributed by atoms with E-state index in [0.717, 1.165) is 0 Å². The van der Waals surface area contributed by atoms with Crippen LogP contribution in [0.2, 0.25) is 0 Å². The molecule has 1 aliphatic rings. The molecule has 0 bridgehead atoms. The van der Waals surface area contributed by atoms with Crippen molar-refractivity contribution in [2.24, 2.45) is 5.92 Å². The zero-order valence-corrected chi connectivity index (χ0v) is 14.9. The van der Waals surface area contributed by atoms with E-state index in [-0.39, 0.29) is 37.0 Å². The number of nitrogens with zero attached hydrogens (tertiary/aromatic N) is 1.